The maximum Gasteiger partial charge on any atom is 0.264 e. The molecule has 214 valence electrons. The van der Waals surface area contributed by atoms with Gasteiger partial charge in [0.1, 0.15) is 18.3 Å². The van der Waals surface area contributed by atoms with Gasteiger partial charge in [-0.1, -0.05) is 61.0 Å². The fourth-order valence-corrected chi connectivity index (χ4v) is 5.71. The van der Waals surface area contributed by atoms with Crippen molar-refractivity contribution in [2.24, 2.45) is 0 Å². The first-order valence-corrected chi connectivity index (χ1v) is 15.0. The standard InChI is InChI=1S/C30H36ClN3O5S/c1-5-22(3)32-30(36)23(4)33(20-24-13-12-14-25(31)19-24)29(35)21-34(27-17-10-11-18-28(27)39-6-2)40(37,38)26-15-8-7-9-16-26/h7-19,22-23H,5-6,20-21H2,1-4H3,(H,32,36)/t22-,23+/m1/s1. The molecular weight excluding hydrogens is 550 g/mol. The molecule has 0 radical (unpaired) electrons. The zero-order chi connectivity index (χ0) is 29.3. The van der Waals surface area contributed by atoms with Crippen molar-refractivity contribution in [2.75, 3.05) is 17.5 Å². The SMILES string of the molecule is CCOc1ccccc1N(CC(=O)N(Cc1cccc(Cl)c1)[C@@H](C)C(=O)N[C@H](C)CC)S(=O)(=O)c1ccccc1. The lowest BCUT2D eigenvalue weighted by molar-refractivity contribution is -0.139. The second kappa shape index (κ2) is 14.2. The number of amides is 2. The van der Waals surface area contributed by atoms with E-state index in [9.17, 15) is 18.0 Å². The minimum Gasteiger partial charge on any atom is -0.492 e. The Hall–Kier alpha value is -3.56. The first-order valence-electron chi connectivity index (χ1n) is 13.2. The maximum atomic E-state index is 14.0. The molecule has 0 aliphatic heterocycles. The van der Waals surface area contributed by atoms with E-state index in [0.717, 1.165) is 10.7 Å². The van der Waals surface area contributed by atoms with Gasteiger partial charge in [-0.3, -0.25) is 13.9 Å². The average molecular weight is 586 g/mol. The second-order valence-corrected chi connectivity index (χ2v) is 11.7. The van der Waals surface area contributed by atoms with Crippen molar-refractivity contribution in [1.82, 2.24) is 10.2 Å². The number of hydrogen-bond acceptors (Lipinski definition) is 5. The Kier molecular flexibility index (Phi) is 11.0. The predicted molar refractivity (Wildman–Crippen MR) is 158 cm³/mol. The van der Waals surface area contributed by atoms with Crippen molar-refractivity contribution in [3.8, 4) is 5.75 Å². The quantitative estimate of drug-likeness (QED) is 0.295. The summed E-state index contributed by atoms with van der Waals surface area (Å²) in [5.41, 5.74) is 0.928. The molecule has 1 N–H and O–H groups in total. The number of hydrogen-bond donors (Lipinski definition) is 1. The number of sulfonamides is 1. The van der Waals surface area contributed by atoms with Gasteiger partial charge in [0.05, 0.1) is 17.2 Å². The topological polar surface area (TPSA) is 96.0 Å². The highest BCUT2D eigenvalue weighted by molar-refractivity contribution is 7.92. The van der Waals surface area contributed by atoms with Crippen molar-refractivity contribution < 1.29 is 22.7 Å². The molecule has 3 aromatic carbocycles. The molecule has 0 aromatic heterocycles. The van der Waals surface area contributed by atoms with Gasteiger partial charge in [0, 0.05) is 17.6 Å². The Morgan fingerprint density at radius 3 is 2.27 bits per heavy atom. The van der Waals surface area contributed by atoms with Crippen LogP contribution in [0, 0.1) is 0 Å². The van der Waals surface area contributed by atoms with Gasteiger partial charge in [-0.15, -0.1) is 0 Å². The second-order valence-electron chi connectivity index (χ2n) is 9.37. The van der Waals surface area contributed by atoms with Crippen LogP contribution in [0.4, 0.5) is 5.69 Å². The number of nitrogens with one attached hydrogen (secondary N) is 1. The van der Waals surface area contributed by atoms with E-state index in [4.69, 9.17) is 16.3 Å². The summed E-state index contributed by atoms with van der Waals surface area (Å²) in [5.74, 6) is -0.573. The number of carbonyl (C=O) groups excluding carboxylic acids is 2. The fourth-order valence-electron chi connectivity index (χ4n) is 4.05. The molecule has 0 fully saturated rings. The Bertz CT molecular complexity index is 1400. The normalized spacial score (nSPS) is 12.7. The van der Waals surface area contributed by atoms with Gasteiger partial charge in [-0.25, -0.2) is 8.42 Å². The molecule has 0 aliphatic carbocycles. The minimum atomic E-state index is -4.19. The van der Waals surface area contributed by atoms with E-state index in [2.05, 4.69) is 5.32 Å². The lowest BCUT2D eigenvalue weighted by Gasteiger charge is -2.33. The Morgan fingerprint density at radius 2 is 1.62 bits per heavy atom. The molecule has 0 spiro atoms. The third kappa shape index (κ3) is 7.76. The van der Waals surface area contributed by atoms with Crippen molar-refractivity contribution >= 4 is 39.1 Å². The molecule has 0 unspecified atom stereocenters. The fraction of sp³-hybridized carbons (Fsp3) is 0.333. The highest BCUT2D eigenvalue weighted by atomic mass is 35.5. The van der Waals surface area contributed by atoms with E-state index < -0.39 is 28.5 Å². The summed E-state index contributed by atoms with van der Waals surface area (Å²) in [4.78, 5) is 28.6. The number of halogens is 1. The Labute approximate surface area is 241 Å². The molecule has 10 heteroatoms. The van der Waals surface area contributed by atoms with Crippen LogP contribution in [0.15, 0.2) is 83.8 Å². The first kappa shape index (κ1) is 31.0. The molecule has 0 saturated carbocycles. The predicted octanol–water partition coefficient (Wildman–Crippen LogP) is 5.27. The van der Waals surface area contributed by atoms with Crippen LogP contribution >= 0.6 is 11.6 Å². The lowest BCUT2D eigenvalue weighted by atomic mass is 10.1. The van der Waals surface area contributed by atoms with Crippen LogP contribution in [-0.2, 0) is 26.2 Å². The molecule has 0 heterocycles. The number of nitrogens with zero attached hydrogens (tertiary/aromatic N) is 2. The lowest BCUT2D eigenvalue weighted by Crippen LogP contribution is -2.52. The molecule has 8 nitrogen and oxygen atoms in total. The molecule has 3 aromatic rings. The first-order chi connectivity index (χ1) is 19.1. The van der Waals surface area contributed by atoms with Gasteiger partial charge in [-0.05, 0) is 69.2 Å². The Balaban J connectivity index is 2.06. The van der Waals surface area contributed by atoms with E-state index in [1.807, 2.05) is 13.8 Å². The summed E-state index contributed by atoms with van der Waals surface area (Å²) < 4.78 is 34.7. The molecule has 2 atom stereocenters. The summed E-state index contributed by atoms with van der Waals surface area (Å²) in [6, 6.07) is 20.6. The van der Waals surface area contributed by atoms with Crippen molar-refractivity contribution in [1.29, 1.82) is 0 Å². The van der Waals surface area contributed by atoms with Crippen molar-refractivity contribution in [2.45, 2.75) is 57.6 Å². The monoisotopic (exact) mass is 585 g/mol. The van der Waals surface area contributed by atoms with Gasteiger partial charge >= 0.3 is 0 Å². The van der Waals surface area contributed by atoms with E-state index in [1.165, 1.54) is 17.0 Å². The Morgan fingerprint density at radius 1 is 0.950 bits per heavy atom. The van der Waals surface area contributed by atoms with E-state index in [-0.39, 0.29) is 29.1 Å². The molecule has 3 rings (SSSR count). The molecule has 40 heavy (non-hydrogen) atoms. The largest absolute Gasteiger partial charge is 0.492 e. The molecule has 0 saturated heterocycles. The van der Waals surface area contributed by atoms with Gasteiger partial charge in [0.25, 0.3) is 10.0 Å². The summed E-state index contributed by atoms with van der Waals surface area (Å²) in [7, 11) is -4.19. The molecule has 0 bridgehead atoms. The minimum absolute atomic E-state index is 0.0260. The molecule has 0 aliphatic rings. The van der Waals surface area contributed by atoms with E-state index in [0.29, 0.717) is 22.9 Å². The van der Waals surface area contributed by atoms with Gasteiger partial charge in [-0.2, -0.15) is 0 Å². The highest BCUT2D eigenvalue weighted by Crippen LogP contribution is 2.33. The van der Waals surface area contributed by atoms with Crippen LogP contribution in [0.1, 0.15) is 39.7 Å². The summed E-state index contributed by atoms with van der Waals surface area (Å²) in [6.45, 7) is 7.06. The number of anilines is 1. The van der Waals surface area contributed by atoms with Crippen LogP contribution in [0.25, 0.3) is 0 Å². The van der Waals surface area contributed by atoms with Gasteiger partial charge in [0.2, 0.25) is 11.8 Å². The number of para-hydroxylation sites is 2. The zero-order valence-corrected chi connectivity index (χ0v) is 24.8. The van der Waals surface area contributed by atoms with Crippen LogP contribution in [0.2, 0.25) is 5.02 Å². The maximum absolute atomic E-state index is 14.0. The zero-order valence-electron chi connectivity index (χ0n) is 23.2. The number of carbonyl (C=O) groups is 2. The molecular formula is C30H36ClN3O5S. The third-order valence-electron chi connectivity index (χ3n) is 6.45. The number of ether oxygens (including phenoxy) is 1. The number of benzene rings is 3. The van der Waals surface area contributed by atoms with E-state index in [1.54, 1.807) is 80.6 Å². The van der Waals surface area contributed by atoms with Gasteiger partial charge in [0.15, 0.2) is 0 Å². The van der Waals surface area contributed by atoms with Gasteiger partial charge < -0.3 is 15.0 Å². The smallest absolute Gasteiger partial charge is 0.264 e. The molecule has 2 amide bonds. The van der Waals surface area contributed by atoms with Crippen LogP contribution < -0.4 is 14.4 Å². The summed E-state index contributed by atoms with van der Waals surface area (Å²) >= 11 is 6.19. The van der Waals surface area contributed by atoms with Crippen LogP contribution in [-0.4, -0.2) is 50.4 Å². The van der Waals surface area contributed by atoms with Crippen LogP contribution in [0.3, 0.4) is 0 Å². The summed E-state index contributed by atoms with van der Waals surface area (Å²) in [6.07, 6.45) is 0.720. The van der Waals surface area contributed by atoms with E-state index >= 15 is 0 Å². The van der Waals surface area contributed by atoms with Crippen LogP contribution in [0.5, 0.6) is 5.75 Å². The van der Waals surface area contributed by atoms with Crippen molar-refractivity contribution in [3.63, 3.8) is 0 Å². The highest BCUT2D eigenvalue weighted by Gasteiger charge is 2.34. The average Bonchev–Trinajstić information content (AvgIpc) is 2.95. The van der Waals surface area contributed by atoms with Crippen molar-refractivity contribution in [3.05, 3.63) is 89.4 Å². The third-order valence-corrected chi connectivity index (χ3v) is 8.46. The number of rotatable bonds is 13. The summed E-state index contributed by atoms with van der Waals surface area (Å²) in [5, 5.41) is 3.40.